The second-order valence-corrected chi connectivity index (χ2v) is 5.44. The molecule has 1 heterocycles. The van der Waals surface area contributed by atoms with Gasteiger partial charge in [-0.2, -0.15) is 0 Å². The van der Waals surface area contributed by atoms with Gasteiger partial charge in [0, 0.05) is 22.6 Å². The third-order valence-corrected chi connectivity index (χ3v) is 4.42. The van der Waals surface area contributed by atoms with E-state index in [1.807, 2.05) is 11.8 Å². The molecule has 1 aliphatic heterocycles. The van der Waals surface area contributed by atoms with Gasteiger partial charge < -0.3 is 0 Å². The Morgan fingerprint density at radius 2 is 1.93 bits per heavy atom. The van der Waals surface area contributed by atoms with Crippen molar-refractivity contribution >= 4 is 17.5 Å². The molecule has 1 aromatic carbocycles. The Hall–Kier alpha value is -0.760. The number of rotatable bonds is 0. The number of carbonyl (C=O) groups excluding carboxylic acids is 1. The zero-order valence-corrected chi connectivity index (χ0v) is 9.53. The SMILES string of the molecule is O=C1CCSc2ccc3c(c21)CCCC3. The van der Waals surface area contributed by atoms with Crippen molar-refractivity contribution in [2.24, 2.45) is 0 Å². The highest BCUT2D eigenvalue weighted by Crippen LogP contribution is 2.36. The lowest BCUT2D eigenvalue weighted by Gasteiger charge is -2.23. The fourth-order valence-electron chi connectivity index (χ4n) is 2.61. The maximum atomic E-state index is 11.9. The summed E-state index contributed by atoms with van der Waals surface area (Å²) < 4.78 is 0. The van der Waals surface area contributed by atoms with Gasteiger partial charge in [0.05, 0.1) is 0 Å². The number of benzene rings is 1. The van der Waals surface area contributed by atoms with Crippen LogP contribution in [0.5, 0.6) is 0 Å². The first kappa shape index (κ1) is 9.46. The number of ketones is 1. The van der Waals surface area contributed by atoms with Gasteiger partial charge in [0.1, 0.15) is 0 Å². The number of Topliss-reactive ketones (excluding diaryl/α,β-unsaturated/α-hetero) is 1. The number of hydrogen-bond acceptors (Lipinski definition) is 2. The Morgan fingerprint density at radius 3 is 2.87 bits per heavy atom. The Balaban J connectivity index is 2.19. The largest absolute Gasteiger partial charge is 0.294 e. The fourth-order valence-corrected chi connectivity index (χ4v) is 3.66. The van der Waals surface area contributed by atoms with Gasteiger partial charge in [0.25, 0.3) is 0 Å². The number of thioether (sulfide) groups is 1. The summed E-state index contributed by atoms with van der Waals surface area (Å²) >= 11 is 1.84. The van der Waals surface area contributed by atoms with Crippen molar-refractivity contribution in [2.75, 3.05) is 5.75 Å². The van der Waals surface area contributed by atoms with E-state index in [0.717, 1.165) is 24.2 Å². The van der Waals surface area contributed by atoms with Gasteiger partial charge in [0.15, 0.2) is 5.78 Å². The Labute approximate surface area is 94.3 Å². The van der Waals surface area contributed by atoms with Crippen molar-refractivity contribution in [1.29, 1.82) is 0 Å². The van der Waals surface area contributed by atoms with E-state index in [1.54, 1.807) is 0 Å². The summed E-state index contributed by atoms with van der Waals surface area (Å²) in [4.78, 5) is 13.2. The predicted octanol–water partition coefficient (Wildman–Crippen LogP) is 3.24. The number of fused-ring (bicyclic) bond motifs is 3. The third kappa shape index (κ3) is 1.51. The summed E-state index contributed by atoms with van der Waals surface area (Å²) in [5.74, 6) is 1.34. The summed E-state index contributed by atoms with van der Waals surface area (Å²) in [6, 6.07) is 4.39. The molecule has 15 heavy (non-hydrogen) atoms. The minimum atomic E-state index is 0.377. The van der Waals surface area contributed by atoms with Gasteiger partial charge in [-0.1, -0.05) is 6.07 Å². The van der Waals surface area contributed by atoms with E-state index in [4.69, 9.17) is 0 Å². The first-order valence-electron chi connectivity index (χ1n) is 5.67. The molecule has 0 atom stereocenters. The van der Waals surface area contributed by atoms with E-state index >= 15 is 0 Å². The summed E-state index contributed by atoms with van der Waals surface area (Å²) in [5, 5.41) is 0. The van der Waals surface area contributed by atoms with Crippen LogP contribution in [0.2, 0.25) is 0 Å². The van der Waals surface area contributed by atoms with Gasteiger partial charge in [-0.05, 0) is 42.9 Å². The molecule has 0 spiro atoms. The molecule has 0 saturated carbocycles. The van der Waals surface area contributed by atoms with Crippen LogP contribution in [0.25, 0.3) is 0 Å². The van der Waals surface area contributed by atoms with Crippen LogP contribution in [0, 0.1) is 0 Å². The van der Waals surface area contributed by atoms with E-state index in [0.29, 0.717) is 5.78 Å². The van der Waals surface area contributed by atoms with Gasteiger partial charge in [0.2, 0.25) is 0 Å². The van der Waals surface area contributed by atoms with Gasteiger partial charge in [-0.3, -0.25) is 4.79 Å². The third-order valence-electron chi connectivity index (χ3n) is 3.36. The lowest BCUT2D eigenvalue weighted by atomic mass is 9.86. The van der Waals surface area contributed by atoms with Crippen LogP contribution in [0.1, 0.15) is 40.7 Å². The number of aryl methyl sites for hydroxylation is 1. The van der Waals surface area contributed by atoms with Gasteiger partial charge in [-0.15, -0.1) is 11.8 Å². The van der Waals surface area contributed by atoms with Crippen LogP contribution in [0.4, 0.5) is 0 Å². The molecule has 3 rings (SSSR count). The molecule has 0 fully saturated rings. The van der Waals surface area contributed by atoms with Crippen LogP contribution < -0.4 is 0 Å². The summed E-state index contributed by atoms with van der Waals surface area (Å²) in [7, 11) is 0. The molecule has 0 N–H and O–H groups in total. The quantitative estimate of drug-likeness (QED) is 0.665. The highest BCUT2D eigenvalue weighted by Gasteiger charge is 2.24. The zero-order chi connectivity index (χ0) is 10.3. The maximum Gasteiger partial charge on any atom is 0.165 e. The minimum absolute atomic E-state index is 0.377. The first-order chi connectivity index (χ1) is 7.36. The van der Waals surface area contributed by atoms with Crippen molar-refractivity contribution < 1.29 is 4.79 Å². The lowest BCUT2D eigenvalue weighted by Crippen LogP contribution is -2.15. The smallest absolute Gasteiger partial charge is 0.165 e. The molecular weight excluding hydrogens is 204 g/mol. The Morgan fingerprint density at radius 1 is 1.07 bits per heavy atom. The van der Waals surface area contributed by atoms with Gasteiger partial charge in [-0.25, -0.2) is 0 Å². The van der Waals surface area contributed by atoms with Crippen molar-refractivity contribution in [3.63, 3.8) is 0 Å². The molecule has 78 valence electrons. The monoisotopic (exact) mass is 218 g/mol. The van der Waals surface area contributed by atoms with Crippen molar-refractivity contribution in [2.45, 2.75) is 37.0 Å². The van der Waals surface area contributed by atoms with Crippen molar-refractivity contribution in [3.05, 3.63) is 28.8 Å². The fraction of sp³-hybridized carbons (Fsp3) is 0.462. The molecule has 2 heteroatoms. The number of carbonyl (C=O) groups is 1. The molecule has 1 nitrogen and oxygen atoms in total. The highest BCUT2D eigenvalue weighted by atomic mass is 32.2. The summed E-state index contributed by atoms with van der Waals surface area (Å²) in [5.41, 5.74) is 3.87. The topological polar surface area (TPSA) is 17.1 Å². The molecule has 0 saturated heterocycles. The Bertz CT molecular complexity index is 423. The van der Waals surface area contributed by atoms with E-state index in [1.165, 1.54) is 35.3 Å². The molecule has 1 aromatic rings. The molecule has 0 aromatic heterocycles. The number of hydrogen-bond donors (Lipinski definition) is 0. The lowest BCUT2D eigenvalue weighted by molar-refractivity contribution is 0.0983. The second kappa shape index (κ2) is 3.67. The average molecular weight is 218 g/mol. The first-order valence-corrected chi connectivity index (χ1v) is 6.65. The molecule has 0 bridgehead atoms. The molecule has 0 unspecified atom stereocenters. The predicted molar refractivity (Wildman–Crippen MR) is 62.8 cm³/mol. The highest BCUT2D eigenvalue weighted by molar-refractivity contribution is 7.99. The van der Waals surface area contributed by atoms with Crippen molar-refractivity contribution in [1.82, 2.24) is 0 Å². The molecule has 1 aliphatic carbocycles. The van der Waals surface area contributed by atoms with Crippen molar-refractivity contribution in [3.8, 4) is 0 Å². The van der Waals surface area contributed by atoms with E-state index in [2.05, 4.69) is 12.1 Å². The molecule has 0 amide bonds. The minimum Gasteiger partial charge on any atom is -0.294 e. The van der Waals surface area contributed by atoms with Crippen LogP contribution in [-0.4, -0.2) is 11.5 Å². The van der Waals surface area contributed by atoms with E-state index in [9.17, 15) is 4.79 Å². The van der Waals surface area contributed by atoms with Crippen LogP contribution >= 0.6 is 11.8 Å². The average Bonchev–Trinajstić information content (AvgIpc) is 2.29. The van der Waals surface area contributed by atoms with Gasteiger partial charge >= 0.3 is 0 Å². The Kier molecular flexibility index (Phi) is 2.32. The maximum absolute atomic E-state index is 11.9. The van der Waals surface area contributed by atoms with Crippen LogP contribution in [0.15, 0.2) is 17.0 Å². The second-order valence-electron chi connectivity index (χ2n) is 4.31. The summed E-state index contributed by atoms with van der Waals surface area (Å²) in [6.07, 6.45) is 5.55. The zero-order valence-electron chi connectivity index (χ0n) is 8.71. The van der Waals surface area contributed by atoms with E-state index in [-0.39, 0.29) is 0 Å². The normalized spacial score (nSPS) is 19.6. The van der Waals surface area contributed by atoms with Crippen LogP contribution in [0.3, 0.4) is 0 Å². The standard InChI is InChI=1S/C13H14OS/c14-11-7-8-15-12-6-5-9-3-1-2-4-10(9)13(11)12/h5-6H,1-4,7-8H2. The molecule has 0 radical (unpaired) electrons. The van der Waals surface area contributed by atoms with E-state index < -0.39 is 0 Å². The molecule has 2 aliphatic rings. The summed E-state index contributed by atoms with van der Waals surface area (Å²) in [6.45, 7) is 0. The molecular formula is C13H14OS. The van der Waals surface area contributed by atoms with Crippen LogP contribution in [-0.2, 0) is 12.8 Å².